The number of carbonyl (C=O) groups is 1. The third kappa shape index (κ3) is 4.32. The number of amides is 1. The van der Waals surface area contributed by atoms with Crippen molar-refractivity contribution in [1.82, 2.24) is 9.88 Å². The molecule has 0 saturated carbocycles. The minimum atomic E-state index is -3.01. The summed E-state index contributed by atoms with van der Waals surface area (Å²) in [6.45, 7) is 1.21. The van der Waals surface area contributed by atoms with Crippen LogP contribution >= 0.6 is 0 Å². The summed E-state index contributed by atoms with van der Waals surface area (Å²) < 4.78 is 35.7. The van der Waals surface area contributed by atoms with Crippen molar-refractivity contribution in [1.29, 1.82) is 0 Å². The number of ether oxygens (including phenoxy) is 2. The normalized spacial score (nSPS) is 19.2. The van der Waals surface area contributed by atoms with Crippen molar-refractivity contribution < 1.29 is 22.7 Å². The molecule has 1 N–H and O–H groups in total. The van der Waals surface area contributed by atoms with E-state index in [4.69, 9.17) is 9.47 Å². The van der Waals surface area contributed by atoms with Crippen molar-refractivity contribution >= 4 is 26.6 Å². The molecule has 1 aromatic carbocycles. The minimum absolute atomic E-state index is 0.0106. The van der Waals surface area contributed by atoms with Crippen molar-refractivity contribution in [2.45, 2.75) is 19.0 Å². The Hall–Kier alpha value is -2.06. The Morgan fingerprint density at radius 3 is 2.92 bits per heavy atom. The van der Waals surface area contributed by atoms with Gasteiger partial charge in [0.05, 0.1) is 23.6 Å². The number of fused-ring (bicyclic) bond motifs is 1. The first-order valence-corrected chi connectivity index (χ1v) is 10.00. The second-order valence-corrected chi connectivity index (χ2v) is 8.38. The van der Waals surface area contributed by atoms with Crippen LogP contribution in [0, 0.1) is 0 Å². The summed E-state index contributed by atoms with van der Waals surface area (Å²) in [5, 5.41) is 3.65. The number of carbonyl (C=O) groups excluding carboxylic acids is 1. The van der Waals surface area contributed by atoms with E-state index in [1.807, 2.05) is 30.5 Å². The van der Waals surface area contributed by atoms with Gasteiger partial charge in [0.15, 0.2) is 16.4 Å². The lowest BCUT2D eigenvalue weighted by Gasteiger charge is -2.12. The number of hydrogen-bond donors (Lipinski definition) is 1. The van der Waals surface area contributed by atoms with Gasteiger partial charge in [0.25, 0.3) is 5.91 Å². The molecule has 2 heterocycles. The molecule has 1 fully saturated rings. The van der Waals surface area contributed by atoms with Gasteiger partial charge in [0.1, 0.15) is 5.75 Å². The lowest BCUT2D eigenvalue weighted by molar-refractivity contribution is -0.123. The molecule has 2 aromatic rings. The second-order valence-electron chi connectivity index (χ2n) is 6.15. The molecule has 0 unspecified atom stereocenters. The van der Waals surface area contributed by atoms with E-state index in [0.717, 1.165) is 17.4 Å². The summed E-state index contributed by atoms with van der Waals surface area (Å²) >= 11 is 0. The number of benzene rings is 1. The Bertz CT molecular complexity index is 859. The van der Waals surface area contributed by atoms with E-state index < -0.39 is 9.84 Å². The number of sulfone groups is 1. The van der Waals surface area contributed by atoms with Crippen molar-refractivity contribution in [3.05, 3.63) is 30.5 Å². The van der Waals surface area contributed by atoms with Crippen LogP contribution in [0.5, 0.6) is 5.75 Å². The average molecular weight is 366 g/mol. The van der Waals surface area contributed by atoms with Crippen LogP contribution in [0.1, 0.15) is 6.42 Å². The van der Waals surface area contributed by atoms with E-state index in [1.165, 1.54) is 0 Å². The lowest BCUT2D eigenvalue weighted by Crippen LogP contribution is -2.38. The van der Waals surface area contributed by atoms with Gasteiger partial charge in [-0.2, -0.15) is 0 Å². The Morgan fingerprint density at radius 1 is 1.36 bits per heavy atom. The third-order valence-electron chi connectivity index (χ3n) is 4.27. The Balaban J connectivity index is 1.61. The topological polar surface area (TPSA) is 86.6 Å². The van der Waals surface area contributed by atoms with Gasteiger partial charge in [-0.25, -0.2) is 8.42 Å². The number of rotatable bonds is 7. The summed E-state index contributed by atoms with van der Waals surface area (Å²) in [6, 6.07) is 7.31. The molecular formula is C17H22N2O5S. The lowest BCUT2D eigenvalue weighted by atomic mass is 10.2. The van der Waals surface area contributed by atoms with Crippen molar-refractivity contribution in [2.24, 2.45) is 0 Å². The Labute approximate surface area is 146 Å². The zero-order chi connectivity index (χ0) is 17.9. The molecule has 7 nitrogen and oxygen atoms in total. The van der Waals surface area contributed by atoms with E-state index in [0.29, 0.717) is 18.8 Å². The largest absolute Gasteiger partial charge is 0.483 e. The van der Waals surface area contributed by atoms with Crippen LogP contribution < -0.4 is 10.1 Å². The van der Waals surface area contributed by atoms with Gasteiger partial charge in [-0.05, 0) is 24.6 Å². The molecule has 1 saturated heterocycles. The SMILES string of the molecule is COCCn1ccc2c(OCC(=O)N[C@@H]3CCS(=O)(=O)C3)cccc21. The maximum Gasteiger partial charge on any atom is 0.258 e. The predicted octanol–water partition coefficient (Wildman–Crippen LogP) is 0.970. The zero-order valence-electron chi connectivity index (χ0n) is 14.1. The summed E-state index contributed by atoms with van der Waals surface area (Å²) in [6.07, 6.45) is 2.42. The van der Waals surface area contributed by atoms with Gasteiger partial charge in [-0.3, -0.25) is 4.79 Å². The average Bonchev–Trinajstić information content (AvgIpc) is 3.14. The van der Waals surface area contributed by atoms with Crippen LogP contribution in [0.4, 0.5) is 0 Å². The monoisotopic (exact) mass is 366 g/mol. The maximum atomic E-state index is 12.0. The number of nitrogens with one attached hydrogen (secondary N) is 1. The number of nitrogens with zero attached hydrogens (tertiary/aromatic N) is 1. The first-order chi connectivity index (χ1) is 12.0. The van der Waals surface area contributed by atoms with E-state index >= 15 is 0 Å². The molecule has 0 bridgehead atoms. The van der Waals surface area contributed by atoms with Crippen LogP contribution in [0.15, 0.2) is 30.5 Å². The van der Waals surface area contributed by atoms with Gasteiger partial charge < -0.3 is 19.4 Å². The molecule has 8 heteroatoms. The van der Waals surface area contributed by atoms with Crippen LogP contribution in [0.25, 0.3) is 10.9 Å². The molecule has 3 rings (SSSR count). The van der Waals surface area contributed by atoms with E-state index in [2.05, 4.69) is 9.88 Å². The standard InChI is InChI=1S/C17H22N2O5S/c1-23-9-8-19-7-5-14-15(19)3-2-4-16(14)24-11-17(20)18-13-6-10-25(21,22)12-13/h2-5,7,13H,6,8-12H2,1H3,(H,18,20)/t13-/m1/s1. The molecule has 25 heavy (non-hydrogen) atoms. The van der Waals surface area contributed by atoms with Crippen molar-refractivity contribution in [3.8, 4) is 5.75 Å². The molecule has 1 aliphatic rings. The van der Waals surface area contributed by atoms with E-state index in [-0.39, 0.29) is 30.1 Å². The summed E-state index contributed by atoms with van der Waals surface area (Å²) in [5.41, 5.74) is 1.01. The van der Waals surface area contributed by atoms with Gasteiger partial charge in [-0.15, -0.1) is 0 Å². The van der Waals surface area contributed by atoms with Crippen LogP contribution in [0.2, 0.25) is 0 Å². The number of aromatic nitrogens is 1. The fraction of sp³-hybridized carbons (Fsp3) is 0.471. The molecule has 1 amide bonds. The molecule has 1 aliphatic heterocycles. The summed E-state index contributed by atoms with van der Waals surface area (Å²) in [4.78, 5) is 12.0. The number of methoxy groups -OCH3 is 1. The van der Waals surface area contributed by atoms with Gasteiger partial charge in [0.2, 0.25) is 0 Å². The highest BCUT2D eigenvalue weighted by molar-refractivity contribution is 7.91. The van der Waals surface area contributed by atoms with Crippen molar-refractivity contribution in [3.63, 3.8) is 0 Å². The molecule has 0 radical (unpaired) electrons. The van der Waals surface area contributed by atoms with Gasteiger partial charge >= 0.3 is 0 Å². The second kappa shape index (κ2) is 7.45. The first kappa shape index (κ1) is 17.8. The van der Waals surface area contributed by atoms with E-state index in [1.54, 1.807) is 7.11 Å². The zero-order valence-corrected chi connectivity index (χ0v) is 14.9. The fourth-order valence-electron chi connectivity index (χ4n) is 3.03. The molecule has 1 aromatic heterocycles. The Kier molecular flexibility index (Phi) is 5.29. The van der Waals surface area contributed by atoms with Crippen molar-refractivity contribution in [2.75, 3.05) is 31.8 Å². The van der Waals surface area contributed by atoms with Crippen LogP contribution in [-0.4, -0.2) is 56.8 Å². The predicted molar refractivity (Wildman–Crippen MR) is 94.5 cm³/mol. The molecule has 0 spiro atoms. The maximum absolute atomic E-state index is 12.0. The first-order valence-electron chi connectivity index (χ1n) is 8.18. The summed E-state index contributed by atoms with van der Waals surface area (Å²) in [7, 11) is -1.35. The van der Waals surface area contributed by atoms with Crippen LogP contribution in [-0.2, 0) is 25.9 Å². The van der Waals surface area contributed by atoms with Crippen LogP contribution in [0.3, 0.4) is 0 Å². The molecule has 1 atom stereocenters. The highest BCUT2D eigenvalue weighted by Crippen LogP contribution is 2.26. The molecule has 0 aliphatic carbocycles. The molecule has 136 valence electrons. The summed E-state index contributed by atoms with van der Waals surface area (Å²) in [5.74, 6) is 0.463. The Morgan fingerprint density at radius 2 is 2.20 bits per heavy atom. The van der Waals surface area contributed by atoms with E-state index in [9.17, 15) is 13.2 Å². The highest BCUT2D eigenvalue weighted by Gasteiger charge is 2.28. The molecular weight excluding hydrogens is 344 g/mol. The third-order valence-corrected chi connectivity index (χ3v) is 6.03. The quantitative estimate of drug-likeness (QED) is 0.789. The fourth-order valence-corrected chi connectivity index (χ4v) is 4.70. The van der Waals surface area contributed by atoms with Gasteiger partial charge in [0, 0.05) is 31.3 Å². The smallest absolute Gasteiger partial charge is 0.258 e. The minimum Gasteiger partial charge on any atom is -0.483 e. The highest BCUT2D eigenvalue weighted by atomic mass is 32.2. The number of hydrogen-bond acceptors (Lipinski definition) is 5. The van der Waals surface area contributed by atoms with Gasteiger partial charge in [-0.1, -0.05) is 6.07 Å².